The summed E-state index contributed by atoms with van der Waals surface area (Å²) in [7, 11) is 0. The molecule has 0 bridgehead atoms. The molecule has 0 atom stereocenters. The Morgan fingerprint density at radius 2 is 1.74 bits per heavy atom. The monoisotopic (exact) mass is 380 g/mol. The van der Waals surface area contributed by atoms with Crippen LogP contribution >= 0.6 is 15.9 Å². The predicted molar refractivity (Wildman–Crippen MR) is 80.1 cm³/mol. The zero-order valence-corrected chi connectivity index (χ0v) is 13.1. The van der Waals surface area contributed by atoms with Crippen molar-refractivity contribution in [3.8, 4) is 5.75 Å². The second kappa shape index (κ2) is 4.97. The summed E-state index contributed by atoms with van der Waals surface area (Å²) in [6.45, 7) is 0. The normalized spacial score (nSPS) is 10.8. The van der Waals surface area contributed by atoms with Crippen LogP contribution in [0.3, 0.4) is 0 Å². The zero-order chi connectivity index (χ0) is 13.4. The number of hydrogen-bond donors (Lipinski definition) is 1. The molecule has 4 heteroatoms. The molecule has 0 spiro atoms. The van der Waals surface area contributed by atoms with Crippen molar-refractivity contribution in [3.05, 3.63) is 63.0 Å². The maximum atomic E-state index is 12.4. The fourth-order valence-electron chi connectivity index (χ4n) is 1.92. The summed E-state index contributed by atoms with van der Waals surface area (Å²) < 4.78 is 2.53. The third-order valence-corrected chi connectivity index (χ3v) is 5.84. The second-order valence-corrected chi connectivity index (χ2v) is 7.24. The van der Waals surface area contributed by atoms with Gasteiger partial charge in [-0.25, -0.2) is 0 Å². The fraction of sp³-hybridized carbons (Fsp3) is 0. The van der Waals surface area contributed by atoms with Crippen molar-refractivity contribution >= 4 is 45.9 Å². The van der Waals surface area contributed by atoms with Crippen LogP contribution < -0.4 is 0 Å². The molecule has 0 fully saturated rings. The van der Waals surface area contributed by atoms with Crippen LogP contribution in [0.15, 0.2) is 53.0 Å². The Kier molecular flexibility index (Phi) is 3.31. The summed E-state index contributed by atoms with van der Waals surface area (Å²) in [5.41, 5.74) is 0.611. The molecule has 0 aliphatic heterocycles. The average molecular weight is 380 g/mol. The molecule has 1 heterocycles. The van der Waals surface area contributed by atoms with Gasteiger partial charge < -0.3 is 0 Å². The number of hydrogen-bond acceptors (Lipinski definition) is 2. The van der Waals surface area contributed by atoms with E-state index in [1.165, 1.54) is 0 Å². The molecular weight excluding hydrogens is 371 g/mol. The first kappa shape index (κ1) is 12.7. The number of benzene rings is 2. The van der Waals surface area contributed by atoms with Crippen LogP contribution in [0.5, 0.6) is 5.75 Å². The minimum absolute atomic E-state index is 0.0822. The quantitative estimate of drug-likeness (QED) is 0.545. The standard InChI is InChI=1S/C15H9BrO2Se/c16-10-7-5-9(6-8-10)13(17)15-14(18)11-3-1-2-4-12(11)19-15/h1-8,18H. The maximum absolute atomic E-state index is 12.4. The topological polar surface area (TPSA) is 37.3 Å². The van der Waals surface area contributed by atoms with Crippen LogP contribution in [0.4, 0.5) is 0 Å². The van der Waals surface area contributed by atoms with Crippen molar-refractivity contribution in [1.82, 2.24) is 0 Å². The molecule has 3 rings (SSSR count). The van der Waals surface area contributed by atoms with Crippen LogP contribution in [0, 0.1) is 0 Å². The van der Waals surface area contributed by atoms with Gasteiger partial charge in [0.2, 0.25) is 0 Å². The Hall–Kier alpha value is -1.35. The number of ketones is 1. The molecule has 19 heavy (non-hydrogen) atoms. The van der Waals surface area contributed by atoms with Crippen molar-refractivity contribution in [2.75, 3.05) is 0 Å². The van der Waals surface area contributed by atoms with Crippen molar-refractivity contribution in [3.63, 3.8) is 0 Å². The third-order valence-electron chi connectivity index (χ3n) is 2.88. The molecule has 0 aliphatic carbocycles. The van der Waals surface area contributed by atoms with E-state index in [4.69, 9.17) is 0 Å². The average Bonchev–Trinajstić information content (AvgIpc) is 2.77. The Labute approximate surface area is 124 Å². The molecule has 1 N–H and O–H groups in total. The molecule has 2 aromatic carbocycles. The van der Waals surface area contributed by atoms with Crippen molar-refractivity contribution in [2.45, 2.75) is 0 Å². The van der Waals surface area contributed by atoms with Gasteiger partial charge in [-0.2, -0.15) is 0 Å². The molecule has 0 saturated carbocycles. The minimum atomic E-state index is -0.120. The molecular formula is C15H9BrO2Se. The molecule has 2 nitrogen and oxygen atoms in total. The van der Waals surface area contributed by atoms with Crippen LogP contribution in [0.1, 0.15) is 14.8 Å². The van der Waals surface area contributed by atoms with Crippen LogP contribution in [0.2, 0.25) is 0 Å². The zero-order valence-electron chi connectivity index (χ0n) is 9.76. The van der Waals surface area contributed by atoms with Gasteiger partial charge in [0.05, 0.1) is 0 Å². The molecule has 1 aromatic heterocycles. The number of rotatable bonds is 2. The first-order valence-corrected chi connectivity index (χ1v) is 8.18. The van der Waals surface area contributed by atoms with Crippen LogP contribution in [0.25, 0.3) is 9.65 Å². The van der Waals surface area contributed by atoms with E-state index < -0.39 is 0 Å². The van der Waals surface area contributed by atoms with Crippen molar-refractivity contribution < 1.29 is 9.90 Å². The Balaban J connectivity index is 2.11. The van der Waals surface area contributed by atoms with E-state index in [0.29, 0.717) is 10.0 Å². The summed E-state index contributed by atoms with van der Waals surface area (Å²) in [5, 5.41) is 11.0. The Morgan fingerprint density at radius 1 is 1.05 bits per heavy atom. The van der Waals surface area contributed by atoms with Crippen molar-refractivity contribution in [1.29, 1.82) is 0 Å². The first-order chi connectivity index (χ1) is 9.16. The van der Waals surface area contributed by atoms with E-state index >= 15 is 0 Å². The van der Waals surface area contributed by atoms with Gasteiger partial charge in [-0.05, 0) is 0 Å². The Bertz CT molecular complexity index is 759. The first-order valence-electron chi connectivity index (χ1n) is 5.67. The molecule has 0 aliphatic rings. The summed E-state index contributed by atoms with van der Waals surface area (Å²) in [6.07, 6.45) is 0. The van der Waals surface area contributed by atoms with E-state index in [1.54, 1.807) is 12.1 Å². The molecule has 0 amide bonds. The summed E-state index contributed by atoms with van der Waals surface area (Å²) in [6, 6.07) is 14.8. The van der Waals surface area contributed by atoms with Gasteiger partial charge in [0.25, 0.3) is 0 Å². The van der Waals surface area contributed by atoms with Gasteiger partial charge >= 0.3 is 125 Å². The molecule has 94 valence electrons. The Morgan fingerprint density at radius 3 is 2.42 bits per heavy atom. The van der Waals surface area contributed by atoms with Crippen LogP contribution in [-0.4, -0.2) is 25.4 Å². The number of fused-ring (bicyclic) bond motifs is 1. The summed E-state index contributed by atoms with van der Waals surface area (Å²) >= 11 is 3.22. The second-order valence-electron chi connectivity index (χ2n) is 4.11. The molecule has 0 unspecified atom stereocenters. The third kappa shape index (κ3) is 2.27. The summed E-state index contributed by atoms with van der Waals surface area (Å²) in [4.78, 5) is 12.4. The number of carbonyl (C=O) groups is 1. The van der Waals surface area contributed by atoms with Crippen molar-refractivity contribution in [2.24, 2.45) is 0 Å². The van der Waals surface area contributed by atoms with E-state index in [2.05, 4.69) is 15.9 Å². The van der Waals surface area contributed by atoms with Gasteiger partial charge in [0, 0.05) is 0 Å². The van der Waals surface area contributed by atoms with Gasteiger partial charge in [0.15, 0.2) is 0 Å². The molecule has 3 aromatic rings. The van der Waals surface area contributed by atoms with E-state index in [-0.39, 0.29) is 26.0 Å². The predicted octanol–water partition coefficient (Wildman–Crippen LogP) is 3.60. The van der Waals surface area contributed by atoms with E-state index in [1.807, 2.05) is 36.4 Å². The molecule has 0 radical (unpaired) electrons. The van der Waals surface area contributed by atoms with Crippen LogP contribution in [-0.2, 0) is 0 Å². The fourth-order valence-corrected chi connectivity index (χ4v) is 4.40. The number of aromatic hydroxyl groups is 1. The van der Waals surface area contributed by atoms with Gasteiger partial charge in [-0.1, -0.05) is 0 Å². The number of halogens is 1. The van der Waals surface area contributed by atoms with E-state index in [0.717, 1.165) is 14.1 Å². The van der Waals surface area contributed by atoms with Gasteiger partial charge in [-0.3, -0.25) is 0 Å². The summed E-state index contributed by atoms with van der Waals surface area (Å²) in [5.74, 6) is 0.0599. The van der Waals surface area contributed by atoms with E-state index in [9.17, 15) is 9.90 Å². The molecule has 0 saturated heterocycles. The number of carbonyl (C=O) groups excluding carboxylic acids is 1. The van der Waals surface area contributed by atoms with Gasteiger partial charge in [0.1, 0.15) is 0 Å². The SMILES string of the molecule is O=C(c1ccc(Br)cc1)c1[se]c2ccccc2c1O. The van der Waals surface area contributed by atoms with Gasteiger partial charge in [-0.15, -0.1) is 0 Å².